The Hall–Kier alpha value is -4.98. The lowest BCUT2D eigenvalue weighted by Gasteiger charge is -2.27. The third kappa shape index (κ3) is 4.05. The van der Waals surface area contributed by atoms with Crippen molar-refractivity contribution < 1.29 is 24.2 Å². The van der Waals surface area contributed by atoms with E-state index in [2.05, 4.69) is 0 Å². The van der Waals surface area contributed by atoms with E-state index in [0.29, 0.717) is 22.6 Å². The number of hydrogen-bond acceptors (Lipinski definition) is 5. The average Bonchev–Trinajstić information content (AvgIpc) is 3.33. The number of imide groups is 1. The minimum atomic E-state index is -1.28. The Labute approximate surface area is 206 Å². The number of para-hydroxylation sites is 2. The Kier molecular flexibility index (Phi) is 5.92. The average molecular weight is 479 g/mol. The highest BCUT2D eigenvalue weighted by Gasteiger charge is 2.36. The fourth-order valence-electron chi connectivity index (χ4n) is 4.23. The second kappa shape index (κ2) is 9.34. The zero-order valence-corrected chi connectivity index (χ0v) is 19.3. The highest BCUT2D eigenvalue weighted by molar-refractivity contribution is 6.34. The summed E-state index contributed by atoms with van der Waals surface area (Å²) in [5.41, 5.74) is 3.61. The van der Waals surface area contributed by atoms with Crippen molar-refractivity contribution in [3.63, 3.8) is 0 Å². The number of carbonyl (C=O) groups is 3. The molecule has 0 unspecified atom stereocenters. The van der Waals surface area contributed by atoms with Crippen molar-refractivity contribution in [3.8, 4) is 22.7 Å². The van der Waals surface area contributed by atoms with E-state index in [9.17, 15) is 19.5 Å². The highest BCUT2D eigenvalue weighted by Crippen LogP contribution is 2.36. The number of carbonyl (C=O) groups excluding carboxylic acids is 2. The van der Waals surface area contributed by atoms with Gasteiger partial charge in [0.1, 0.15) is 18.0 Å². The summed E-state index contributed by atoms with van der Waals surface area (Å²) in [6, 6.07) is 23.6. The van der Waals surface area contributed by atoms with Crippen molar-refractivity contribution in [1.29, 1.82) is 0 Å². The summed E-state index contributed by atoms with van der Waals surface area (Å²) in [5, 5.41) is 14.1. The first-order chi connectivity index (χ1) is 17.5. The first-order valence-corrected chi connectivity index (χ1v) is 11.2. The molecule has 4 aromatic rings. The van der Waals surface area contributed by atoms with Gasteiger partial charge in [-0.05, 0) is 42.0 Å². The monoisotopic (exact) mass is 479 g/mol. The lowest BCUT2D eigenvalue weighted by atomic mass is 9.91. The molecule has 0 spiro atoms. The van der Waals surface area contributed by atoms with E-state index >= 15 is 0 Å². The third-order valence-corrected chi connectivity index (χ3v) is 5.89. The van der Waals surface area contributed by atoms with Gasteiger partial charge in [-0.15, -0.1) is 0 Å². The first-order valence-electron chi connectivity index (χ1n) is 11.2. The third-order valence-electron chi connectivity index (χ3n) is 5.89. The Morgan fingerprint density at radius 2 is 1.53 bits per heavy atom. The molecular formula is C28H21N3O5. The lowest BCUT2D eigenvalue weighted by Crippen LogP contribution is -2.44. The minimum Gasteiger partial charge on any atom is -0.496 e. The molecule has 8 nitrogen and oxygen atoms in total. The first kappa shape index (κ1) is 22.8. The molecule has 0 radical (unpaired) electrons. The number of aliphatic carboxylic acids is 1. The topological polar surface area (TPSA) is 102 Å². The zero-order valence-electron chi connectivity index (χ0n) is 19.3. The van der Waals surface area contributed by atoms with Crippen LogP contribution < -0.4 is 4.74 Å². The normalized spacial score (nSPS) is 14.1. The predicted molar refractivity (Wildman–Crippen MR) is 134 cm³/mol. The van der Waals surface area contributed by atoms with Crippen molar-refractivity contribution >= 4 is 29.4 Å². The molecular weight excluding hydrogens is 458 g/mol. The maximum atomic E-state index is 13.4. The fraction of sp³-hybridized carbons (Fsp3) is 0.0714. The molecule has 1 aliphatic heterocycles. The predicted octanol–water partition coefficient (Wildman–Crippen LogP) is 4.16. The van der Waals surface area contributed by atoms with Gasteiger partial charge in [0.25, 0.3) is 11.8 Å². The van der Waals surface area contributed by atoms with Gasteiger partial charge in [0, 0.05) is 28.5 Å². The number of ether oxygens (including phenoxy) is 1. The van der Waals surface area contributed by atoms with E-state index < -0.39 is 24.3 Å². The molecule has 1 aromatic heterocycles. The van der Waals surface area contributed by atoms with Gasteiger partial charge in [0.15, 0.2) is 0 Å². The summed E-state index contributed by atoms with van der Waals surface area (Å²) in [6.45, 7) is -0.730. The van der Waals surface area contributed by atoms with Crippen molar-refractivity contribution in [1.82, 2.24) is 14.7 Å². The number of aromatic nitrogens is 2. The summed E-state index contributed by atoms with van der Waals surface area (Å²) in [4.78, 5) is 38.5. The number of amides is 2. The van der Waals surface area contributed by atoms with Gasteiger partial charge < -0.3 is 9.84 Å². The quantitative estimate of drug-likeness (QED) is 0.329. The van der Waals surface area contributed by atoms with Gasteiger partial charge in [-0.2, -0.15) is 5.10 Å². The van der Waals surface area contributed by atoms with Crippen molar-refractivity contribution in [3.05, 3.63) is 102 Å². The second-order valence-electron chi connectivity index (χ2n) is 8.11. The molecule has 2 heterocycles. The van der Waals surface area contributed by atoms with E-state index in [4.69, 9.17) is 9.84 Å². The molecule has 178 valence electrons. The van der Waals surface area contributed by atoms with Crippen LogP contribution >= 0.6 is 0 Å². The highest BCUT2D eigenvalue weighted by atomic mass is 16.5. The molecule has 0 bridgehead atoms. The van der Waals surface area contributed by atoms with Crippen LogP contribution in [0.2, 0.25) is 0 Å². The fourth-order valence-corrected chi connectivity index (χ4v) is 4.23. The minimum absolute atomic E-state index is 0.204. The molecule has 1 N–H and O–H groups in total. The van der Waals surface area contributed by atoms with Gasteiger partial charge in [0.05, 0.1) is 12.8 Å². The summed E-state index contributed by atoms with van der Waals surface area (Å²) < 4.78 is 7.26. The molecule has 0 fully saturated rings. The van der Waals surface area contributed by atoms with Crippen LogP contribution in [-0.4, -0.2) is 51.2 Å². The van der Waals surface area contributed by atoms with Gasteiger partial charge in [-0.1, -0.05) is 48.5 Å². The smallest absolute Gasteiger partial charge is 0.323 e. The van der Waals surface area contributed by atoms with Crippen LogP contribution in [0.5, 0.6) is 5.75 Å². The zero-order chi connectivity index (χ0) is 25.2. The van der Waals surface area contributed by atoms with Crippen LogP contribution in [-0.2, 0) is 9.59 Å². The summed E-state index contributed by atoms with van der Waals surface area (Å²) in [7, 11) is 1.57. The second-order valence-corrected chi connectivity index (χ2v) is 8.11. The largest absolute Gasteiger partial charge is 0.496 e. The molecule has 5 rings (SSSR count). The Bertz CT molecular complexity index is 1520. The number of nitrogens with zero attached hydrogens (tertiary/aromatic N) is 3. The molecule has 0 saturated carbocycles. The molecule has 8 heteroatoms. The standard InChI is InChI=1S/C28H21N3O5/c1-36-24-14-8-7-13-22(24)26-18(16-31(29-26)19-9-3-2-4-10-19)15-23-20-11-5-6-12-21(20)27(34)30(28(23)35)17-25(32)33/h2-16H,17H2,1H3,(H,32,33)/b23-15+. The van der Waals surface area contributed by atoms with Crippen LogP contribution in [0, 0.1) is 0 Å². The number of hydrogen-bond donors (Lipinski definition) is 1. The molecule has 1 aliphatic rings. The van der Waals surface area contributed by atoms with E-state index in [0.717, 1.165) is 16.2 Å². The van der Waals surface area contributed by atoms with Crippen LogP contribution in [0.1, 0.15) is 21.5 Å². The van der Waals surface area contributed by atoms with Crippen LogP contribution in [0.4, 0.5) is 0 Å². The maximum Gasteiger partial charge on any atom is 0.323 e. The molecule has 2 amide bonds. The van der Waals surface area contributed by atoms with E-state index in [-0.39, 0.29) is 11.1 Å². The van der Waals surface area contributed by atoms with E-state index in [1.54, 1.807) is 48.3 Å². The van der Waals surface area contributed by atoms with Crippen LogP contribution in [0.3, 0.4) is 0 Å². The maximum absolute atomic E-state index is 13.4. The molecule has 3 aromatic carbocycles. The molecule has 0 saturated heterocycles. The summed E-state index contributed by atoms with van der Waals surface area (Å²) >= 11 is 0. The molecule has 36 heavy (non-hydrogen) atoms. The number of carboxylic acids is 1. The number of benzene rings is 3. The Morgan fingerprint density at radius 1 is 0.889 bits per heavy atom. The number of carboxylic acid groups (broad SMARTS) is 1. The van der Waals surface area contributed by atoms with E-state index in [1.807, 2.05) is 54.6 Å². The van der Waals surface area contributed by atoms with Gasteiger partial charge in [0.2, 0.25) is 0 Å². The number of methoxy groups -OCH3 is 1. The number of fused-ring (bicyclic) bond motifs is 1. The van der Waals surface area contributed by atoms with Crippen molar-refractivity contribution in [2.45, 2.75) is 0 Å². The van der Waals surface area contributed by atoms with Crippen molar-refractivity contribution in [2.75, 3.05) is 13.7 Å². The summed E-state index contributed by atoms with van der Waals surface area (Å²) in [6.07, 6.45) is 3.44. The van der Waals surface area contributed by atoms with Crippen LogP contribution in [0.15, 0.2) is 85.1 Å². The Balaban J connectivity index is 1.74. The van der Waals surface area contributed by atoms with Crippen molar-refractivity contribution in [2.24, 2.45) is 0 Å². The Morgan fingerprint density at radius 3 is 2.22 bits per heavy atom. The van der Waals surface area contributed by atoms with Gasteiger partial charge >= 0.3 is 5.97 Å². The van der Waals surface area contributed by atoms with Crippen LogP contribution in [0.25, 0.3) is 28.6 Å². The summed E-state index contributed by atoms with van der Waals surface area (Å²) in [5.74, 6) is -1.99. The lowest BCUT2D eigenvalue weighted by molar-refractivity contribution is -0.141. The van der Waals surface area contributed by atoms with E-state index in [1.165, 1.54) is 0 Å². The SMILES string of the molecule is COc1ccccc1-c1nn(-c2ccccc2)cc1/C=C1/C(=O)N(CC(=O)O)C(=O)c2ccccc21. The van der Waals surface area contributed by atoms with Gasteiger partial charge in [-0.3, -0.25) is 19.3 Å². The number of rotatable bonds is 6. The molecule has 0 aliphatic carbocycles. The van der Waals surface area contributed by atoms with Gasteiger partial charge in [-0.25, -0.2) is 4.68 Å². The molecule has 0 atom stereocenters.